The number of aromatic amines is 1. The Morgan fingerprint density at radius 3 is 2.75 bits per heavy atom. The van der Waals surface area contributed by atoms with Crippen LogP contribution in [0, 0.1) is 5.82 Å². The summed E-state index contributed by atoms with van der Waals surface area (Å²) in [4.78, 5) is 15.2. The number of anilines is 1. The van der Waals surface area contributed by atoms with Gasteiger partial charge >= 0.3 is 0 Å². The van der Waals surface area contributed by atoms with Gasteiger partial charge in [0.1, 0.15) is 11.5 Å². The van der Waals surface area contributed by atoms with Crippen molar-refractivity contribution < 1.29 is 9.18 Å². The number of rotatable bonds is 2. The van der Waals surface area contributed by atoms with E-state index in [1.54, 1.807) is 12.1 Å². The molecule has 0 saturated heterocycles. The van der Waals surface area contributed by atoms with E-state index in [9.17, 15) is 9.18 Å². The molecule has 5 heteroatoms. The lowest BCUT2D eigenvalue weighted by Gasteiger charge is -2.06. The van der Waals surface area contributed by atoms with Gasteiger partial charge in [-0.2, -0.15) is 0 Å². The molecule has 0 aliphatic carbocycles. The Bertz CT molecular complexity index is 764. The molecule has 0 spiro atoms. The van der Waals surface area contributed by atoms with Gasteiger partial charge in [0.25, 0.3) is 5.91 Å². The first-order valence-electron chi connectivity index (χ1n) is 5.97. The molecule has 0 atom stereocenters. The summed E-state index contributed by atoms with van der Waals surface area (Å²) in [6, 6.07) is 13.5. The lowest BCUT2D eigenvalue weighted by molar-refractivity contribution is 0.102. The standard InChI is InChI=1S/C15H10BrFN2O/c16-11-6-5-10(17)8-13(11)19-15(20)14-7-9-3-1-2-4-12(9)18-14/h1-8,18H,(H,19,20). The van der Waals surface area contributed by atoms with Gasteiger partial charge in [0, 0.05) is 15.4 Å². The van der Waals surface area contributed by atoms with E-state index < -0.39 is 5.82 Å². The first kappa shape index (κ1) is 12.9. The molecule has 0 aliphatic rings. The van der Waals surface area contributed by atoms with Crippen molar-refractivity contribution in [3.63, 3.8) is 0 Å². The highest BCUT2D eigenvalue weighted by atomic mass is 79.9. The van der Waals surface area contributed by atoms with Gasteiger partial charge in [0.15, 0.2) is 0 Å². The zero-order valence-corrected chi connectivity index (χ0v) is 11.9. The zero-order chi connectivity index (χ0) is 14.1. The molecule has 0 unspecified atom stereocenters. The Labute approximate surface area is 122 Å². The minimum absolute atomic E-state index is 0.312. The van der Waals surface area contributed by atoms with Crippen molar-refractivity contribution in [1.29, 1.82) is 0 Å². The van der Waals surface area contributed by atoms with Crippen molar-refractivity contribution in [3.8, 4) is 0 Å². The minimum Gasteiger partial charge on any atom is -0.351 e. The summed E-state index contributed by atoms with van der Waals surface area (Å²) in [5, 5.41) is 3.63. The minimum atomic E-state index is -0.403. The van der Waals surface area contributed by atoms with Gasteiger partial charge < -0.3 is 10.3 Å². The maximum Gasteiger partial charge on any atom is 0.272 e. The molecular formula is C15H10BrFN2O. The van der Waals surface area contributed by atoms with Crippen LogP contribution in [0.25, 0.3) is 10.9 Å². The highest BCUT2D eigenvalue weighted by molar-refractivity contribution is 9.10. The Balaban J connectivity index is 1.90. The molecular weight excluding hydrogens is 323 g/mol. The third-order valence-corrected chi connectivity index (χ3v) is 3.64. The van der Waals surface area contributed by atoms with E-state index in [-0.39, 0.29) is 5.91 Å². The quantitative estimate of drug-likeness (QED) is 0.721. The van der Waals surface area contributed by atoms with E-state index in [0.29, 0.717) is 15.9 Å². The van der Waals surface area contributed by atoms with Crippen LogP contribution in [0.5, 0.6) is 0 Å². The van der Waals surface area contributed by atoms with Crippen molar-refractivity contribution in [2.75, 3.05) is 5.32 Å². The molecule has 3 aromatic rings. The number of aromatic nitrogens is 1. The average molecular weight is 333 g/mol. The van der Waals surface area contributed by atoms with Crippen molar-refractivity contribution in [2.45, 2.75) is 0 Å². The fourth-order valence-electron chi connectivity index (χ4n) is 1.98. The number of hydrogen-bond acceptors (Lipinski definition) is 1. The predicted molar refractivity (Wildman–Crippen MR) is 80.4 cm³/mol. The van der Waals surface area contributed by atoms with Crippen LogP contribution in [0.4, 0.5) is 10.1 Å². The van der Waals surface area contributed by atoms with Crippen molar-refractivity contribution in [1.82, 2.24) is 4.98 Å². The molecule has 0 aliphatic heterocycles. The van der Waals surface area contributed by atoms with E-state index in [1.165, 1.54) is 12.1 Å². The number of H-pyrrole nitrogens is 1. The van der Waals surface area contributed by atoms with Crippen LogP contribution in [0.15, 0.2) is 53.0 Å². The van der Waals surface area contributed by atoms with Crippen LogP contribution >= 0.6 is 15.9 Å². The van der Waals surface area contributed by atoms with Gasteiger partial charge in [-0.05, 0) is 46.3 Å². The first-order chi connectivity index (χ1) is 9.63. The second-order valence-corrected chi connectivity index (χ2v) is 5.20. The Morgan fingerprint density at radius 1 is 1.15 bits per heavy atom. The van der Waals surface area contributed by atoms with Crippen LogP contribution in [-0.2, 0) is 0 Å². The van der Waals surface area contributed by atoms with Crippen LogP contribution in [-0.4, -0.2) is 10.9 Å². The Hall–Kier alpha value is -2.14. The van der Waals surface area contributed by atoms with Gasteiger partial charge in [-0.15, -0.1) is 0 Å². The molecule has 1 aromatic heterocycles. The number of para-hydroxylation sites is 1. The first-order valence-corrected chi connectivity index (χ1v) is 6.77. The van der Waals surface area contributed by atoms with Gasteiger partial charge in [-0.1, -0.05) is 18.2 Å². The molecule has 3 nitrogen and oxygen atoms in total. The number of benzene rings is 2. The maximum atomic E-state index is 13.2. The lowest BCUT2D eigenvalue weighted by atomic mass is 10.2. The molecule has 1 heterocycles. The normalized spacial score (nSPS) is 10.7. The fraction of sp³-hybridized carbons (Fsp3) is 0. The highest BCUT2D eigenvalue weighted by Gasteiger charge is 2.11. The Morgan fingerprint density at radius 2 is 1.95 bits per heavy atom. The van der Waals surface area contributed by atoms with E-state index >= 15 is 0 Å². The topological polar surface area (TPSA) is 44.9 Å². The average Bonchev–Trinajstić information content (AvgIpc) is 2.87. The van der Waals surface area contributed by atoms with Crippen LogP contribution in [0.2, 0.25) is 0 Å². The third kappa shape index (κ3) is 2.44. The van der Waals surface area contributed by atoms with Crippen molar-refractivity contribution >= 4 is 38.4 Å². The number of nitrogens with one attached hydrogen (secondary N) is 2. The summed E-state index contributed by atoms with van der Waals surface area (Å²) in [7, 11) is 0. The van der Waals surface area contributed by atoms with Gasteiger partial charge in [0.2, 0.25) is 0 Å². The molecule has 1 amide bonds. The van der Waals surface area contributed by atoms with Crippen LogP contribution in [0.1, 0.15) is 10.5 Å². The number of halogens is 2. The molecule has 0 bridgehead atoms. The summed E-state index contributed by atoms with van der Waals surface area (Å²) in [5.41, 5.74) is 1.71. The number of hydrogen-bond donors (Lipinski definition) is 2. The van der Waals surface area contributed by atoms with Crippen LogP contribution < -0.4 is 5.32 Å². The molecule has 0 fully saturated rings. The van der Waals surface area contributed by atoms with Crippen LogP contribution in [0.3, 0.4) is 0 Å². The zero-order valence-electron chi connectivity index (χ0n) is 10.3. The van der Waals surface area contributed by atoms with Crippen molar-refractivity contribution in [2.24, 2.45) is 0 Å². The molecule has 2 N–H and O–H groups in total. The fourth-order valence-corrected chi connectivity index (χ4v) is 2.32. The number of fused-ring (bicyclic) bond motifs is 1. The summed E-state index contributed by atoms with van der Waals surface area (Å²) in [5.74, 6) is -0.715. The van der Waals surface area contributed by atoms with E-state index in [0.717, 1.165) is 10.9 Å². The number of amides is 1. The molecule has 20 heavy (non-hydrogen) atoms. The van der Waals surface area contributed by atoms with E-state index in [2.05, 4.69) is 26.2 Å². The lowest BCUT2D eigenvalue weighted by Crippen LogP contribution is -2.12. The monoisotopic (exact) mass is 332 g/mol. The molecule has 0 radical (unpaired) electrons. The summed E-state index contributed by atoms with van der Waals surface area (Å²) < 4.78 is 13.8. The Kier molecular flexibility index (Phi) is 3.28. The second-order valence-electron chi connectivity index (χ2n) is 4.35. The predicted octanol–water partition coefficient (Wildman–Crippen LogP) is 4.32. The van der Waals surface area contributed by atoms with E-state index in [1.807, 2.05) is 24.3 Å². The SMILES string of the molecule is O=C(Nc1cc(F)ccc1Br)c1cc2ccccc2[nH]1. The largest absolute Gasteiger partial charge is 0.351 e. The van der Waals surface area contributed by atoms with Gasteiger partial charge in [0.05, 0.1) is 5.69 Å². The maximum absolute atomic E-state index is 13.2. The molecule has 0 saturated carbocycles. The summed E-state index contributed by atoms with van der Waals surface area (Å²) in [6.07, 6.45) is 0. The smallest absolute Gasteiger partial charge is 0.272 e. The summed E-state index contributed by atoms with van der Waals surface area (Å²) in [6.45, 7) is 0. The molecule has 3 rings (SSSR count). The van der Waals surface area contributed by atoms with E-state index in [4.69, 9.17) is 0 Å². The number of carbonyl (C=O) groups excluding carboxylic acids is 1. The molecule has 2 aromatic carbocycles. The highest BCUT2D eigenvalue weighted by Crippen LogP contribution is 2.24. The van der Waals surface area contributed by atoms with Gasteiger partial charge in [-0.25, -0.2) is 4.39 Å². The van der Waals surface area contributed by atoms with Gasteiger partial charge in [-0.3, -0.25) is 4.79 Å². The number of carbonyl (C=O) groups is 1. The third-order valence-electron chi connectivity index (χ3n) is 2.95. The second kappa shape index (κ2) is 5.09. The van der Waals surface area contributed by atoms with Crippen molar-refractivity contribution in [3.05, 3.63) is 64.5 Å². The molecule has 100 valence electrons. The summed E-state index contributed by atoms with van der Waals surface area (Å²) >= 11 is 3.27.